The maximum atomic E-state index is 12.1. The van der Waals surface area contributed by atoms with E-state index in [1.54, 1.807) is 11.3 Å². The second-order valence-electron chi connectivity index (χ2n) is 6.71. The molecule has 0 spiro atoms. The lowest BCUT2D eigenvalue weighted by Gasteiger charge is -2.17. The molecule has 2 aromatic heterocycles. The molecule has 0 bridgehead atoms. The van der Waals surface area contributed by atoms with Gasteiger partial charge in [-0.2, -0.15) is 10.1 Å². The fourth-order valence-corrected chi connectivity index (χ4v) is 3.60. The average Bonchev–Trinajstić information content (AvgIpc) is 3.16. The van der Waals surface area contributed by atoms with Crippen LogP contribution < -0.4 is 10.2 Å². The first-order chi connectivity index (χ1) is 12.4. The van der Waals surface area contributed by atoms with Crippen LogP contribution in [0.1, 0.15) is 31.5 Å². The molecule has 3 aromatic rings. The maximum Gasteiger partial charge on any atom is 0.239 e. The number of carbonyl (C=O) groups excluding carboxylic acids is 1. The number of likely N-dealkylation sites (N-methyl/N-ethyl adjacent to an activating group) is 1. The van der Waals surface area contributed by atoms with Gasteiger partial charge in [0.25, 0.3) is 0 Å². The third-order valence-electron chi connectivity index (χ3n) is 4.38. The number of fused-ring (bicyclic) bond motifs is 1. The number of aromatic nitrogens is 3. The molecule has 0 unspecified atom stereocenters. The molecule has 0 saturated carbocycles. The first kappa shape index (κ1) is 18.4. The van der Waals surface area contributed by atoms with E-state index < -0.39 is 0 Å². The Hall–Kier alpha value is -2.41. The third-order valence-corrected chi connectivity index (χ3v) is 5.65. The fraction of sp³-hybridized carbons (Fsp3) is 0.421. The monoisotopic (exact) mass is 371 g/mol. The quantitative estimate of drug-likeness (QED) is 0.721. The molecule has 1 aromatic carbocycles. The Kier molecular flexibility index (Phi) is 5.27. The lowest BCUT2D eigenvalue weighted by Crippen LogP contribution is -2.39. The predicted molar refractivity (Wildman–Crippen MR) is 107 cm³/mol. The molecule has 0 fully saturated rings. The molecule has 1 N–H and O–H groups in total. The van der Waals surface area contributed by atoms with Crippen molar-refractivity contribution in [3.63, 3.8) is 0 Å². The second kappa shape index (κ2) is 7.45. The molecule has 0 saturated heterocycles. The SMILES string of the molecule is CC[C@@H](C)NC(=O)CN(C)c1nc2c(s1)c(C)nn2-c1ccc(C)cc1. The van der Waals surface area contributed by atoms with Gasteiger partial charge in [0.1, 0.15) is 0 Å². The number of rotatable bonds is 6. The summed E-state index contributed by atoms with van der Waals surface area (Å²) in [4.78, 5) is 18.8. The van der Waals surface area contributed by atoms with Crippen LogP contribution in [0.5, 0.6) is 0 Å². The van der Waals surface area contributed by atoms with Crippen LogP contribution in [0.4, 0.5) is 5.13 Å². The van der Waals surface area contributed by atoms with Crippen LogP contribution in [-0.2, 0) is 4.79 Å². The molecule has 138 valence electrons. The van der Waals surface area contributed by atoms with Gasteiger partial charge in [-0.3, -0.25) is 4.79 Å². The van der Waals surface area contributed by atoms with Gasteiger partial charge in [-0.25, -0.2) is 4.68 Å². The maximum absolute atomic E-state index is 12.1. The summed E-state index contributed by atoms with van der Waals surface area (Å²) < 4.78 is 2.92. The molecule has 0 aliphatic carbocycles. The van der Waals surface area contributed by atoms with E-state index in [1.165, 1.54) is 5.56 Å². The number of thiazole rings is 1. The summed E-state index contributed by atoms with van der Waals surface area (Å²) >= 11 is 1.57. The third kappa shape index (κ3) is 3.72. The van der Waals surface area contributed by atoms with Gasteiger partial charge < -0.3 is 10.2 Å². The van der Waals surface area contributed by atoms with Crippen LogP contribution >= 0.6 is 11.3 Å². The molecule has 6 nitrogen and oxygen atoms in total. The van der Waals surface area contributed by atoms with Crippen molar-refractivity contribution in [3.05, 3.63) is 35.5 Å². The van der Waals surface area contributed by atoms with Gasteiger partial charge in [-0.05, 0) is 39.3 Å². The van der Waals surface area contributed by atoms with Gasteiger partial charge in [0.15, 0.2) is 10.8 Å². The molecular weight excluding hydrogens is 346 g/mol. The van der Waals surface area contributed by atoms with Crippen LogP contribution in [-0.4, -0.2) is 40.3 Å². The summed E-state index contributed by atoms with van der Waals surface area (Å²) in [5.74, 6) is 0.0120. The predicted octanol–water partition coefficient (Wildman–Crippen LogP) is 3.45. The average molecular weight is 372 g/mol. The highest BCUT2D eigenvalue weighted by Crippen LogP contribution is 2.31. The number of nitrogens with zero attached hydrogens (tertiary/aromatic N) is 4. The van der Waals surface area contributed by atoms with Crippen molar-refractivity contribution in [1.82, 2.24) is 20.1 Å². The minimum absolute atomic E-state index is 0.0120. The van der Waals surface area contributed by atoms with E-state index >= 15 is 0 Å². The Labute approximate surface area is 157 Å². The molecular formula is C19H25N5OS. The van der Waals surface area contributed by atoms with E-state index in [0.29, 0.717) is 0 Å². The van der Waals surface area contributed by atoms with Crippen molar-refractivity contribution in [3.8, 4) is 5.69 Å². The van der Waals surface area contributed by atoms with Crippen LogP contribution in [0, 0.1) is 13.8 Å². The second-order valence-corrected chi connectivity index (χ2v) is 7.69. The molecule has 26 heavy (non-hydrogen) atoms. The van der Waals surface area contributed by atoms with E-state index in [4.69, 9.17) is 4.98 Å². The largest absolute Gasteiger partial charge is 0.352 e. The van der Waals surface area contributed by atoms with E-state index in [9.17, 15) is 4.79 Å². The molecule has 1 amide bonds. The van der Waals surface area contributed by atoms with Crippen molar-refractivity contribution in [1.29, 1.82) is 0 Å². The van der Waals surface area contributed by atoms with Gasteiger partial charge in [-0.1, -0.05) is 36.0 Å². The number of hydrogen-bond acceptors (Lipinski definition) is 5. The smallest absolute Gasteiger partial charge is 0.239 e. The summed E-state index contributed by atoms with van der Waals surface area (Å²) in [6.45, 7) is 8.41. The van der Waals surface area contributed by atoms with Gasteiger partial charge >= 0.3 is 0 Å². The number of amides is 1. The molecule has 3 rings (SSSR count). The van der Waals surface area contributed by atoms with Crippen LogP contribution in [0.3, 0.4) is 0 Å². The van der Waals surface area contributed by atoms with Crippen LogP contribution in [0.2, 0.25) is 0 Å². The van der Waals surface area contributed by atoms with E-state index in [0.717, 1.165) is 33.3 Å². The first-order valence-corrected chi connectivity index (χ1v) is 9.64. The number of carbonyl (C=O) groups is 1. The molecule has 0 radical (unpaired) electrons. The van der Waals surface area contributed by atoms with Crippen molar-refractivity contribution in [2.75, 3.05) is 18.5 Å². The summed E-state index contributed by atoms with van der Waals surface area (Å²) in [5.41, 5.74) is 3.98. The first-order valence-electron chi connectivity index (χ1n) is 8.82. The number of anilines is 1. The zero-order valence-corrected chi connectivity index (χ0v) is 16.7. The van der Waals surface area contributed by atoms with Crippen molar-refractivity contribution in [2.24, 2.45) is 0 Å². The molecule has 7 heteroatoms. The standard InChI is InChI=1S/C19H25N5OS/c1-6-13(3)20-16(25)11-23(5)19-21-18-17(26-19)14(4)22-24(18)15-9-7-12(2)8-10-15/h7-10,13H,6,11H2,1-5H3,(H,20,25)/t13-/m1/s1. The van der Waals surface area contributed by atoms with Crippen LogP contribution in [0.25, 0.3) is 16.0 Å². The van der Waals surface area contributed by atoms with Gasteiger partial charge in [-0.15, -0.1) is 0 Å². The number of aryl methyl sites for hydroxylation is 2. The van der Waals surface area contributed by atoms with E-state index in [1.807, 2.05) is 42.6 Å². The number of nitrogens with one attached hydrogen (secondary N) is 1. The molecule has 2 heterocycles. The summed E-state index contributed by atoms with van der Waals surface area (Å²) in [6.07, 6.45) is 0.919. The topological polar surface area (TPSA) is 63.1 Å². The minimum Gasteiger partial charge on any atom is -0.352 e. The highest BCUT2D eigenvalue weighted by Gasteiger charge is 2.18. The Morgan fingerprint density at radius 1 is 1.31 bits per heavy atom. The number of benzene rings is 1. The van der Waals surface area contributed by atoms with Crippen molar-refractivity contribution < 1.29 is 4.79 Å². The Balaban J connectivity index is 1.86. The fourth-order valence-electron chi connectivity index (χ4n) is 2.66. The zero-order chi connectivity index (χ0) is 18.8. The molecule has 0 aliphatic heterocycles. The van der Waals surface area contributed by atoms with Crippen molar-refractivity contribution in [2.45, 2.75) is 40.2 Å². The highest BCUT2D eigenvalue weighted by molar-refractivity contribution is 7.22. The summed E-state index contributed by atoms with van der Waals surface area (Å²) in [5, 5.41) is 8.44. The minimum atomic E-state index is 0.0120. The Bertz CT molecular complexity index is 912. The Morgan fingerprint density at radius 3 is 2.65 bits per heavy atom. The zero-order valence-electron chi connectivity index (χ0n) is 15.9. The normalized spacial score (nSPS) is 12.3. The van der Waals surface area contributed by atoms with Gasteiger partial charge in [0, 0.05) is 13.1 Å². The summed E-state index contributed by atoms with van der Waals surface area (Å²) in [6, 6.07) is 8.41. The Morgan fingerprint density at radius 2 is 2.00 bits per heavy atom. The lowest BCUT2D eigenvalue weighted by atomic mass is 10.2. The van der Waals surface area contributed by atoms with Gasteiger partial charge in [0.2, 0.25) is 5.91 Å². The highest BCUT2D eigenvalue weighted by atomic mass is 32.1. The van der Waals surface area contributed by atoms with E-state index in [2.05, 4.69) is 36.4 Å². The van der Waals surface area contributed by atoms with Gasteiger partial charge in [0.05, 0.1) is 22.6 Å². The van der Waals surface area contributed by atoms with Crippen LogP contribution in [0.15, 0.2) is 24.3 Å². The van der Waals surface area contributed by atoms with Crippen molar-refractivity contribution >= 4 is 32.7 Å². The number of hydrogen-bond donors (Lipinski definition) is 1. The summed E-state index contributed by atoms with van der Waals surface area (Å²) in [7, 11) is 1.90. The van der Waals surface area contributed by atoms with E-state index in [-0.39, 0.29) is 18.5 Å². The molecule has 0 aliphatic rings. The lowest BCUT2D eigenvalue weighted by molar-refractivity contribution is -0.120. The molecule has 1 atom stereocenters.